The first-order chi connectivity index (χ1) is 9.40. The van der Waals surface area contributed by atoms with Crippen LogP contribution in [0.15, 0.2) is 17.2 Å². The molecule has 0 bridgehead atoms. The van der Waals surface area contributed by atoms with E-state index in [-0.39, 0.29) is 4.90 Å². The maximum absolute atomic E-state index is 12.1. The molecule has 0 aliphatic carbocycles. The number of nitrogens with zero attached hydrogens (tertiary/aromatic N) is 1. The minimum atomic E-state index is -3.42. The van der Waals surface area contributed by atoms with Crippen molar-refractivity contribution in [3.05, 3.63) is 18.0 Å². The zero-order chi connectivity index (χ0) is 15.2. The number of likely N-dealkylation sites (N-methyl/N-ethyl adjacent to an activating group) is 1. The molecule has 6 nitrogen and oxygen atoms in total. The van der Waals surface area contributed by atoms with E-state index in [9.17, 15) is 8.42 Å². The van der Waals surface area contributed by atoms with E-state index in [1.54, 1.807) is 6.07 Å². The minimum Gasteiger partial charge on any atom is -0.363 e. The molecule has 1 rings (SSSR count). The summed E-state index contributed by atoms with van der Waals surface area (Å²) in [6.07, 6.45) is 2.57. The van der Waals surface area contributed by atoms with Gasteiger partial charge in [-0.3, -0.25) is 0 Å². The van der Waals surface area contributed by atoms with Crippen LogP contribution in [-0.2, 0) is 16.6 Å². The van der Waals surface area contributed by atoms with Crippen LogP contribution < -0.4 is 10.0 Å². The molecule has 116 valence electrons. The third-order valence-electron chi connectivity index (χ3n) is 3.49. The van der Waals surface area contributed by atoms with E-state index in [0.717, 1.165) is 12.1 Å². The van der Waals surface area contributed by atoms with E-state index in [1.807, 2.05) is 14.1 Å². The number of aromatic amines is 1. The van der Waals surface area contributed by atoms with Gasteiger partial charge in [0, 0.05) is 37.6 Å². The topological polar surface area (TPSA) is 77.2 Å². The van der Waals surface area contributed by atoms with Gasteiger partial charge in [-0.2, -0.15) is 0 Å². The molecule has 1 aromatic heterocycles. The second-order valence-electron chi connectivity index (χ2n) is 5.03. The molecular weight excluding hydrogens is 276 g/mol. The van der Waals surface area contributed by atoms with Crippen LogP contribution in [0.1, 0.15) is 26.0 Å². The Balaban J connectivity index is 2.52. The summed E-state index contributed by atoms with van der Waals surface area (Å²) in [5, 5.41) is 2.97. The number of sulfonamides is 1. The number of hydrogen-bond acceptors (Lipinski definition) is 4. The van der Waals surface area contributed by atoms with Crippen LogP contribution in [0.2, 0.25) is 0 Å². The fourth-order valence-corrected chi connectivity index (χ4v) is 2.88. The molecule has 7 heteroatoms. The van der Waals surface area contributed by atoms with Gasteiger partial charge < -0.3 is 15.2 Å². The van der Waals surface area contributed by atoms with Gasteiger partial charge in [0.25, 0.3) is 0 Å². The van der Waals surface area contributed by atoms with Gasteiger partial charge in [-0.15, -0.1) is 0 Å². The molecule has 0 amide bonds. The largest absolute Gasteiger partial charge is 0.363 e. The number of H-pyrrole nitrogens is 1. The molecular formula is C13H26N4O2S. The Morgan fingerprint density at radius 1 is 1.45 bits per heavy atom. The Kier molecular flexibility index (Phi) is 6.67. The monoisotopic (exact) mass is 302 g/mol. The van der Waals surface area contributed by atoms with Crippen molar-refractivity contribution < 1.29 is 8.42 Å². The molecule has 0 saturated heterocycles. The van der Waals surface area contributed by atoms with Crippen molar-refractivity contribution in [3.8, 4) is 0 Å². The SMILES string of the molecule is CCC(C)N(C)CCNS(=O)(=O)c1c[nH]c(CNC)c1. The van der Waals surface area contributed by atoms with Gasteiger partial charge in [-0.25, -0.2) is 13.1 Å². The molecule has 0 aliphatic heterocycles. The fourth-order valence-electron chi connectivity index (χ4n) is 1.84. The summed E-state index contributed by atoms with van der Waals surface area (Å²) in [4.78, 5) is 5.38. The molecule has 1 atom stereocenters. The number of nitrogens with one attached hydrogen (secondary N) is 3. The van der Waals surface area contributed by atoms with Crippen LogP contribution in [0, 0.1) is 0 Å². The highest BCUT2D eigenvalue weighted by molar-refractivity contribution is 7.89. The molecule has 1 heterocycles. The molecule has 20 heavy (non-hydrogen) atoms. The molecule has 0 saturated carbocycles. The van der Waals surface area contributed by atoms with E-state index >= 15 is 0 Å². The predicted molar refractivity (Wildman–Crippen MR) is 81.1 cm³/mol. The molecule has 1 unspecified atom stereocenters. The average molecular weight is 302 g/mol. The van der Waals surface area contributed by atoms with Crippen LogP contribution in [0.3, 0.4) is 0 Å². The van der Waals surface area contributed by atoms with Gasteiger partial charge in [-0.1, -0.05) is 6.92 Å². The number of hydrogen-bond donors (Lipinski definition) is 3. The predicted octanol–water partition coefficient (Wildman–Crippen LogP) is 0.743. The average Bonchev–Trinajstić information content (AvgIpc) is 2.87. The van der Waals surface area contributed by atoms with Crippen LogP contribution in [-0.4, -0.2) is 51.5 Å². The number of rotatable bonds is 9. The first kappa shape index (κ1) is 17.2. The van der Waals surface area contributed by atoms with Crippen LogP contribution in [0.5, 0.6) is 0 Å². The third kappa shape index (κ3) is 4.90. The van der Waals surface area contributed by atoms with Gasteiger partial charge in [0.05, 0.1) is 4.90 Å². The molecule has 0 fully saturated rings. The first-order valence-electron chi connectivity index (χ1n) is 6.92. The lowest BCUT2D eigenvalue weighted by Crippen LogP contribution is -2.36. The van der Waals surface area contributed by atoms with Gasteiger partial charge in [0.15, 0.2) is 0 Å². The van der Waals surface area contributed by atoms with Gasteiger partial charge in [0.1, 0.15) is 0 Å². The van der Waals surface area contributed by atoms with Crippen molar-refractivity contribution in [2.24, 2.45) is 0 Å². The maximum atomic E-state index is 12.1. The van der Waals surface area contributed by atoms with Crippen LogP contribution in [0.4, 0.5) is 0 Å². The van der Waals surface area contributed by atoms with Crippen molar-refractivity contribution >= 4 is 10.0 Å². The smallest absolute Gasteiger partial charge is 0.242 e. The Labute approximate surface area is 122 Å². The molecule has 3 N–H and O–H groups in total. The summed E-state index contributed by atoms with van der Waals surface area (Å²) in [7, 11) is 0.400. The molecule has 0 aliphatic rings. The lowest BCUT2D eigenvalue weighted by Gasteiger charge is -2.23. The Bertz CT molecular complexity index is 498. The standard InChI is InChI=1S/C13H26N4O2S/c1-5-11(2)17(4)7-6-16-20(18,19)13-8-12(9-14-3)15-10-13/h8,10-11,14-16H,5-7,9H2,1-4H3. The maximum Gasteiger partial charge on any atom is 0.242 e. The van der Waals surface area contributed by atoms with Crippen molar-refractivity contribution in [1.29, 1.82) is 0 Å². The van der Waals surface area contributed by atoms with E-state index in [2.05, 4.69) is 33.8 Å². The van der Waals surface area contributed by atoms with E-state index < -0.39 is 10.0 Å². The third-order valence-corrected chi connectivity index (χ3v) is 4.93. The number of aromatic nitrogens is 1. The normalized spacial score (nSPS) is 13.8. The minimum absolute atomic E-state index is 0.286. The van der Waals surface area contributed by atoms with Crippen molar-refractivity contribution in [2.75, 3.05) is 27.2 Å². The van der Waals surface area contributed by atoms with Crippen molar-refractivity contribution in [3.63, 3.8) is 0 Å². The summed E-state index contributed by atoms with van der Waals surface area (Å²) in [5.74, 6) is 0. The van der Waals surface area contributed by atoms with Crippen LogP contribution >= 0.6 is 0 Å². The Morgan fingerprint density at radius 2 is 2.15 bits per heavy atom. The Morgan fingerprint density at radius 3 is 2.75 bits per heavy atom. The second-order valence-corrected chi connectivity index (χ2v) is 6.79. The quantitative estimate of drug-likeness (QED) is 0.629. The van der Waals surface area contributed by atoms with Crippen LogP contribution in [0.25, 0.3) is 0 Å². The zero-order valence-corrected chi connectivity index (χ0v) is 13.5. The lowest BCUT2D eigenvalue weighted by molar-refractivity contribution is 0.256. The highest BCUT2D eigenvalue weighted by Crippen LogP contribution is 2.10. The lowest BCUT2D eigenvalue weighted by atomic mass is 10.2. The summed E-state index contributed by atoms with van der Waals surface area (Å²) in [5.41, 5.74) is 0.851. The molecule has 0 radical (unpaired) electrons. The van der Waals surface area contributed by atoms with E-state index in [0.29, 0.717) is 25.7 Å². The molecule has 1 aromatic rings. The van der Waals surface area contributed by atoms with E-state index in [1.165, 1.54) is 6.20 Å². The molecule has 0 spiro atoms. The summed E-state index contributed by atoms with van der Waals surface area (Å²) in [6, 6.07) is 2.10. The van der Waals surface area contributed by atoms with E-state index in [4.69, 9.17) is 0 Å². The van der Waals surface area contributed by atoms with Gasteiger partial charge in [0.2, 0.25) is 10.0 Å². The highest BCUT2D eigenvalue weighted by atomic mass is 32.2. The zero-order valence-electron chi connectivity index (χ0n) is 12.7. The summed E-state index contributed by atoms with van der Waals surface area (Å²) < 4.78 is 26.8. The van der Waals surface area contributed by atoms with Crippen molar-refractivity contribution in [1.82, 2.24) is 19.9 Å². The summed E-state index contributed by atoms with van der Waals surface area (Å²) >= 11 is 0. The first-order valence-corrected chi connectivity index (χ1v) is 8.40. The highest BCUT2D eigenvalue weighted by Gasteiger charge is 2.16. The van der Waals surface area contributed by atoms with Crippen molar-refractivity contribution in [2.45, 2.75) is 37.8 Å². The fraction of sp³-hybridized carbons (Fsp3) is 0.692. The second kappa shape index (κ2) is 7.78. The summed E-state index contributed by atoms with van der Waals surface area (Å²) in [6.45, 7) is 5.98. The Hall–Kier alpha value is -0.890. The van der Waals surface area contributed by atoms with Gasteiger partial charge in [-0.05, 0) is 33.5 Å². The van der Waals surface area contributed by atoms with Gasteiger partial charge >= 0.3 is 0 Å². The molecule has 0 aromatic carbocycles.